The number of rotatable bonds is 4. The molecule has 2 aromatic carbocycles. The van der Waals surface area contributed by atoms with Crippen molar-refractivity contribution in [2.24, 2.45) is 0 Å². The lowest BCUT2D eigenvalue weighted by Crippen LogP contribution is -2.53. The van der Waals surface area contributed by atoms with Gasteiger partial charge < -0.3 is 9.64 Å². The third-order valence-corrected chi connectivity index (χ3v) is 6.89. The van der Waals surface area contributed by atoms with Crippen LogP contribution < -0.4 is 4.90 Å². The first-order valence-electron chi connectivity index (χ1n) is 11.4. The fourth-order valence-corrected chi connectivity index (χ4v) is 5.48. The zero-order valence-electron chi connectivity index (χ0n) is 20.4. The summed E-state index contributed by atoms with van der Waals surface area (Å²) >= 11 is 12.3. The van der Waals surface area contributed by atoms with Gasteiger partial charge in [0.1, 0.15) is 11.1 Å². The number of amides is 3. The Morgan fingerprint density at radius 2 is 1.75 bits per heavy atom. The van der Waals surface area contributed by atoms with Crippen LogP contribution in [0.4, 0.5) is 10.5 Å². The average molecular weight is 529 g/mol. The monoisotopic (exact) mass is 528 g/mol. The number of likely N-dealkylation sites (N-methyl/N-ethyl adjacent to an activating group) is 1. The molecule has 2 saturated heterocycles. The molecule has 1 spiro atoms. The molecule has 188 valence electrons. The molecule has 0 bridgehead atoms. The predicted molar refractivity (Wildman–Crippen MR) is 136 cm³/mol. The standard InChI is InChI=1S/C26H26Cl2N4O4/c1-25(2,3)36-22(33)14-31-13-21(17-7-5-16(12-29)6-8-17)26(15-31)23(34)32(24(35)30(26)4)20-10-18(27)9-19(28)11-20/h5-11,21H,13-15H2,1-4H3/t21-,26+/m0/s1. The van der Waals surface area contributed by atoms with E-state index in [2.05, 4.69) is 6.07 Å². The van der Waals surface area contributed by atoms with Crippen molar-refractivity contribution in [2.45, 2.75) is 37.8 Å². The quantitative estimate of drug-likeness (QED) is 0.430. The Bertz CT molecular complexity index is 1250. The van der Waals surface area contributed by atoms with Crippen molar-refractivity contribution in [3.05, 3.63) is 63.6 Å². The van der Waals surface area contributed by atoms with Gasteiger partial charge >= 0.3 is 12.0 Å². The Kier molecular flexibility index (Phi) is 6.78. The number of nitrogens with zero attached hydrogens (tertiary/aromatic N) is 4. The van der Waals surface area contributed by atoms with Crippen molar-refractivity contribution < 1.29 is 19.1 Å². The molecule has 2 heterocycles. The second-order valence-electron chi connectivity index (χ2n) is 10.1. The van der Waals surface area contributed by atoms with Crippen molar-refractivity contribution in [1.82, 2.24) is 9.80 Å². The molecule has 2 aromatic rings. The van der Waals surface area contributed by atoms with Crippen LogP contribution in [0, 0.1) is 11.3 Å². The van der Waals surface area contributed by atoms with E-state index in [-0.39, 0.29) is 18.8 Å². The summed E-state index contributed by atoms with van der Waals surface area (Å²) in [7, 11) is 1.58. The van der Waals surface area contributed by atoms with Gasteiger partial charge in [0.25, 0.3) is 5.91 Å². The summed E-state index contributed by atoms with van der Waals surface area (Å²) in [5, 5.41) is 9.80. The molecule has 0 aromatic heterocycles. The molecule has 0 saturated carbocycles. The highest BCUT2D eigenvalue weighted by atomic mass is 35.5. The number of hydrogen-bond donors (Lipinski definition) is 0. The van der Waals surface area contributed by atoms with Gasteiger partial charge in [0.2, 0.25) is 0 Å². The first kappa shape index (κ1) is 26.0. The molecule has 2 atom stereocenters. The van der Waals surface area contributed by atoms with Crippen LogP contribution in [0.3, 0.4) is 0 Å². The smallest absolute Gasteiger partial charge is 0.332 e. The maximum absolute atomic E-state index is 14.1. The van der Waals surface area contributed by atoms with Crippen molar-refractivity contribution >= 4 is 46.8 Å². The summed E-state index contributed by atoms with van der Waals surface area (Å²) in [6, 6.07) is 13.0. The van der Waals surface area contributed by atoms with Gasteiger partial charge in [-0.3, -0.25) is 14.5 Å². The third-order valence-electron chi connectivity index (χ3n) is 6.45. The number of likely N-dealkylation sites (tertiary alicyclic amines) is 1. The number of carbonyl (C=O) groups is 3. The topological polar surface area (TPSA) is 94.0 Å². The number of ether oxygens (including phenoxy) is 1. The van der Waals surface area contributed by atoms with Crippen LogP contribution in [0.15, 0.2) is 42.5 Å². The molecule has 0 aliphatic carbocycles. The Hall–Kier alpha value is -3.12. The van der Waals surface area contributed by atoms with E-state index in [1.165, 1.54) is 23.1 Å². The molecule has 2 fully saturated rings. The van der Waals surface area contributed by atoms with E-state index >= 15 is 0 Å². The number of hydrogen-bond acceptors (Lipinski definition) is 6. The van der Waals surface area contributed by atoms with Crippen molar-refractivity contribution in [1.29, 1.82) is 5.26 Å². The van der Waals surface area contributed by atoms with Gasteiger partial charge in [-0.05, 0) is 56.7 Å². The van der Waals surface area contributed by atoms with E-state index in [0.29, 0.717) is 22.2 Å². The van der Waals surface area contributed by atoms with Crippen LogP contribution in [0.25, 0.3) is 0 Å². The number of benzene rings is 2. The van der Waals surface area contributed by atoms with Gasteiger partial charge in [-0.2, -0.15) is 5.26 Å². The number of urea groups is 1. The average Bonchev–Trinajstić information content (AvgIpc) is 3.24. The van der Waals surface area contributed by atoms with Crippen LogP contribution in [0.2, 0.25) is 10.0 Å². The summed E-state index contributed by atoms with van der Waals surface area (Å²) in [4.78, 5) is 44.6. The molecule has 10 heteroatoms. The second kappa shape index (κ2) is 9.40. The SMILES string of the molecule is CN1C(=O)N(c2cc(Cl)cc(Cl)c2)C(=O)[C@]12CN(CC(=O)OC(C)(C)C)C[C@H]2c1ccc(C#N)cc1. The van der Waals surface area contributed by atoms with E-state index in [9.17, 15) is 19.6 Å². The largest absolute Gasteiger partial charge is 0.459 e. The zero-order valence-corrected chi connectivity index (χ0v) is 21.9. The number of anilines is 1. The molecule has 2 aliphatic heterocycles. The first-order chi connectivity index (χ1) is 16.9. The Labute approximate surface area is 219 Å². The lowest BCUT2D eigenvalue weighted by molar-refractivity contribution is -0.156. The summed E-state index contributed by atoms with van der Waals surface area (Å²) in [6.07, 6.45) is 0. The number of carbonyl (C=O) groups excluding carboxylic acids is 3. The normalized spacial score (nSPS) is 22.4. The second-order valence-corrected chi connectivity index (χ2v) is 10.9. The van der Waals surface area contributed by atoms with E-state index in [4.69, 9.17) is 27.9 Å². The van der Waals surface area contributed by atoms with Crippen LogP contribution in [0.5, 0.6) is 0 Å². The van der Waals surface area contributed by atoms with Crippen molar-refractivity contribution in [3.63, 3.8) is 0 Å². The number of imide groups is 1. The molecular weight excluding hydrogens is 503 g/mol. The molecule has 36 heavy (non-hydrogen) atoms. The lowest BCUT2D eigenvalue weighted by atomic mass is 9.80. The third kappa shape index (κ3) is 4.66. The van der Waals surface area contributed by atoms with E-state index in [0.717, 1.165) is 10.5 Å². The van der Waals surface area contributed by atoms with Gasteiger partial charge in [0.15, 0.2) is 0 Å². The minimum atomic E-state index is -1.29. The summed E-state index contributed by atoms with van der Waals surface area (Å²) < 4.78 is 5.49. The highest BCUT2D eigenvalue weighted by Gasteiger charge is 2.64. The van der Waals surface area contributed by atoms with Crippen molar-refractivity contribution in [3.8, 4) is 6.07 Å². The molecule has 4 rings (SSSR count). The summed E-state index contributed by atoms with van der Waals surface area (Å²) in [6.45, 7) is 5.79. The molecule has 0 unspecified atom stereocenters. The first-order valence-corrected chi connectivity index (χ1v) is 12.1. The minimum absolute atomic E-state index is 0.0376. The van der Waals surface area contributed by atoms with Crippen LogP contribution in [-0.2, 0) is 14.3 Å². The minimum Gasteiger partial charge on any atom is -0.459 e. The number of esters is 1. The van der Waals surface area contributed by atoms with Crippen molar-refractivity contribution in [2.75, 3.05) is 31.6 Å². The van der Waals surface area contributed by atoms with Crippen LogP contribution in [-0.4, -0.2) is 65.5 Å². The molecular formula is C26H26Cl2N4O4. The van der Waals surface area contributed by atoms with Gasteiger partial charge in [-0.25, -0.2) is 9.69 Å². The highest BCUT2D eigenvalue weighted by Crippen LogP contribution is 2.46. The van der Waals surface area contributed by atoms with Crippen LogP contribution in [0.1, 0.15) is 37.8 Å². The fourth-order valence-electron chi connectivity index (χ4n) is 4.97. The Morgan fingerprint density at radius 3 is 2.31 bits per heavy atom. The number of nitriles is 1. The number of halogens is 2. The fraction of sp³-hybridized carbons (Fsp3) is 0.385. The maximum atomic E-state index is 14.1. The molecule has 0 radical (unpaired) electrons. The molecule has 2 aliphatic rings. The maximum Gasteiger partial charge on any atom is 0.332 e. The van der Waals surface area contributed by atoms with E-state index in [1.807, 2.05) is 4.90 Å². The summed E-state index contributed by atoms with van der Waals surface area (Å²) in [5.74, 6) is -1.32. The van der Waals surface area contributed by atoms with E-state index < -0.39 is 35.0 Å². The summed E-state index contributed by atoms with van der Waals surface area (Å²) in [5.41, 5.74) is -0.411. The van der Waals surface area contributed by atoms with Gasteiger partial charge in [-0.15, -0.1) is 0 Å². The Morgan fingerprint density at radius 1 is 1.14 bits per heavy atom. The molecule has 8 nitrogen and oxygen atoms in total. The molecule has 3 amide bonds. The molecule has 0 N–H and O–H groups in total. The van der Waals surface area contributed by atoms with Gasteiger partial charge in [0, 0.05) is 36.1 Å². The van der Waals surface area contributed by atoms with Crippen LogP contribution >= 0.6 is 23.2 Å². The lowest BCUT2D eigenvalue weighted by Gasteiger charge is -2.34. The van der Waals surface area contributed by atoms with E-state index in [1.54, 1.807) is 52.1 Å². The van der Waals surface area contributed by atoms with Gasteiger partial charge in [0.05, 0.1) is 23.9 Å². The predicted octanol–water partition coefficient (Wildman–Crippen LogP) is 4.44. The highest BCUT2D eigenvalue weighted by molar-refractivity contribution is 6.35. The Balaban J connectivity index is 1.76. The zero-order chi connectivity index (χ0) is 26.4. The van der Waals surface area contributed by atoms with Gasteiger partial charge in [-0.1, -0.05) is 35.3 Å².